The highest BCUT2D eigenvalue weighted by molar-refractivity contribution is 6.02. The van der Waals surface area contributed by atoms with Crippen LogP contribution in [0.5, 0.6) is 0 Å². The Morgan fingerprint density at radius 3 is 2.88 bits per heavy atom. The molecule has 4 heterocycles. The average Bonchev–Trinajstić information content (AvgIpc) is 3.06. The molecule has 1 N–H and O–H groups in total. The molecule has 1 fully saturated rings. The predicted octanol–water partition coefficient (Wildman–Crippen LogP) is 0.608. The number of nitrogens with one attached hydrogen (secondary N) is 1. The van der Waals surface area contributed by atoms with E-state index >= 15 is 0 Å². The van der Waals surface area contributed by atoms with Crippen LogP contribution in [0.1, 0.15) is 10.5 Å². The lowest BCUT2D eigenvalue weighted by Gasteiger charge is -2.27. The van der Waals surface area contributed by atoms with Crippen molar-refractivity contribution in [1.29, 1.82) is 0 Å². The van der Waals surface area contributed by atoms with Crippen LogP contribution in [0.25, 0.3) is 5.65 Å². The third kappa shape index (κ3) is 2.76. The first-order chi connectivity index (χ1) is 11.8. The molecule has 0 bridgehead atoms. The van der Waals surface area contributed by atoms with E-state index in [0.29, 0.717) is 30.4 Å². The molecule has 0 spiro atoms. The zero-order valence-corrected chi connectivity index (χ0v) is 12.8. The van der Waals surface area contributed by atoms with E-state index < -0.39 is 0 Å². The smallest absolute Gasteiger partial charge is 0.277 e. The lowest BCUT2D eigenvalue weighted by atomic mass is 10.4. The summed E-state index contributed by atoms with van der Waals surface area (Å²) in [7, 11) is 0. The van der Waals surface area contributed by atoms with E-state index in [1.165, 1.54) is 10.7 Å². The Morgan fingerprint density at radius 1 is 1.21 bits per heavy atom. The van der Waals surface area contributed by atoms with Gasteiger partial charge in [0.15, 0.2) is 17.2 Å². The maximum atomic E-state index is 12.5. The molecule has 1 aliphatic heterocycles. The standard InChI is InChI=1S/C15H15N7O2/c23-15(18-12-2-1-5-17-19-12)11-10-16-13-3-4-14(20-22(11)13)21-6-8-24-9-7-21/h1-5,10H,6-9H2,(H,18,19,23). The number of amides is 1. The Kier molecular flexibility index (Phi) is 3.75. The highest BCUT2D eigenvalue weighted by Gasteiger charge is 2.17. The molecular weight excluding hydrogens is 310 g/mol. The molecule has 3 aromatic heterocycles. The summed E-state index contributed by atoms with van der Waals surface area (Å²) in [6.45, 7) is 2.88. The van der Waals surface area contributed by atoms with Gasteiger partial charge in [-0.2, -0.15) is 5.10 Å². The topological polar surface area (TPSA) is 97.5 Å². The molecule has 0 unspecified atom stereocenters. The summed E-state index contributed by atoms with van der Waals surface area (Å²) in [5.41, 5.74) is 0.946. The molecule has 1 aliphatic rings. The fourth-order valence-corrected chi connectivity index (χ4v) is 2.53. The number of nitrogens with zero attached hydrogens (tertiary/aromatic N) is 6. The maximum absolute atomic E-state index is 12.5. The SMILES string of the molecule is O=C(Nc1cccnn1)c1cnc2ccc(N3CCOCC3)nn12. The minimum Gasteiger partial charge on any atom is -0.378 e. The van der Waals surface area contributed by atoms with Crippen molar-refractivity contribution in [3.05, 3.63) is 42.4 Å². The first kappa shape index (κ1) is 14.5. The van der Waals surface area contributed by atoms with E-state index in [4.69, 9.17) is 4.74 Å². The maximum Gasteiger partial charge on any atom is 0.277 e. The molecule has 0 radical (unpaired) electrons. The second-order valence-corrected chi connectivity index (χ2v) is 5.27. The van der Waals surface area contributed by atoms with E-state index in [-0.39, 0.29) is 5.91 Å². The summed E-state index contributed by atoms with van der Waals surface area (Å²) >= 11 is 0. The molecule has 9 heteroatoms. The zero-order chi connectivity index (χ0) is 16.4. The average molecular weight is 325 g/mol. The fourth-order valence-electron chi connectivity index (χ4n) is 2.53. The van der Waals surface area contributed by atoms with Crippen molar-refractivity contribution < 1.29 is 9.53 Å². The Hall–Kier alpha value is -3.07. The van der Waals surface area contributed by atoms with Crippen LogP contribution in [-0.4, -0.2) is 57.0 Å². The van der Waals surface area contributed by atoms with Crippen LogP contribution in [0.2, 0.25) is 0 Å². The lowest BCUT2D eigenvalue weighted by Crippen LogP contribution is -2.37. The van der Waals surface area contributed by atoms with Crippen molar-refractivity contribution in [2.75, 3.05) is 36.5 Å². The third-order valence-corrected chi connectivity index (χ3v) is 3.73. The largest absolute Gasteiger partial charge is 0.378 e. The number of rotatable bonds is 3. The molecule has 0 atom stereocenters. The molecule has 0 aromatic carbocycles. The lowest BCUT2D eigenvalue weighted by molar-refractivity contribution is 0.101. The number of hydrogen-bond acceptors (Lipinski definition) is 7. The van der Waals surface area contributed by atoms with Crippen molar-refractivity contribution in [3.63, 3.8) is 0 Å². The summed E-state index contributed by atoms with van der Waals surface area (Å²) in [5.74, 6) is 0.828. The van der Waals surface area contributed by atoms with Gasteiger partial charge in [-0.05, 0) is 24.3 Å². The minimum absolute atomic E-state index is 0.338. The number of carbonyl (C=O) groups excluding carboxylic acids is 1. The van der Waals surface area contributed by atoms with Crippen LogP contribution in [0.4, 0.5) is 11.6 Å². The molecule has 0 aliphatic carbocycles. The van der Waals surface area contributed by atoms with Gasteiger partial charge in [0.25, 0.3) is 5.91 Å². The van der Waals surface area contributed by atoms with Crippen LogP contribution in [0.15, 0.2) is 36.7 Å². The summed E-state index contributed by atoms with van der Waals surface area (Å²) in [4.78, 5) is 18.8. The van der Waals surface area contributed by atoms with Gasteiger partial charge in [0.2, 0.25) is 0 Å². The quantitative estimate of drug-likeness (QED) is 0.753. The first-order valence-corrected chi connectivity index (χ1v) is 7.58. The van der Waals surface area contributed by atoms with Crippen molar-refractivity contribution in [1.82, 2.24) is 24.8 Å². The van der Waals surface area contributed by atoms with Crippen molar-refractivity contribution in [2.24, 2.45) is 0 Å². The zero-order valence-electron chi connectivity index (χ0n) is 12.8. The number of ether oxygens (including phenoxy) is 1. The normalized spacial score (nSPS) is 14.8. The Balaban J connectivity index is 1.64. The van der Waals surface area contributed by atoms with Crippen molar-refractivity contribution in [2.45, 2.75) is 0 Å². The summed E-state index contributed by atoms with van der Waals surface area (Å²) in [5, 5.41) is 14.8. The molecule has 122 valence electrons. The first-order valence-electron chi connectivity index (χ1n) is 7.58. The van der Waals surface area contributed by atoms with Crippen LogP contribution < -0.4 is 10.2 Å². The van der Waals surface area contributed by atoms with E-state index in [0.717, 1.165) is 18.9 Å². The number of hydrogen-bond donors (Lipinski definition) is 1. The van der Waals surface area contributed by atoms with E-state index in [9.17, 15) is 4.79 Å². The highest BCUT2D eigenvalue weighted by Crippen LogP contribution is 2.15. The van der Waals surface area contributed by atoms with Crippen molar-refractivity contribution >= 4 is 23.2 Å². The Bertz CT molecular complexity index is 859. The molecule has 1 amide bonds. The van der Waals surface area contributed by atoms with Crippen LogP contribution in [-0.2, 0) is 4.74 Å². The second kappa shape index (κ2) is 6.20. The van der Waals surface area contributed by atoms with Crippen LogP contribution >= 0.6 is 0 Å². The molecule has 3 aromatic rings. The molecular formula is C15H15N7O2. The Labute approximate surface area is 137 Å². The monoisotopic (exact) mass is 325 g/mol. The van der Waals surface area contributed by atoms with Gasteiger partial charge in [0, 0.05) is 19.3 Å². The highest BCUT2D eigenvalue weighted by atomic mass is 16.5. The predicted molar refractivity (Wildman–Crippen MR) is 86.0 cm³/mol. The number of fused-ring (bicyclic) bond motifs is 1. The number of imidazole rings is 1. The number of morpholine rings is 1. The minimum atomic E-state index is -0.338. The second-order valence-electron chi connectivity index (χ2n) is 5.27. The van der Waals surface area contributed by atoms with Gasteiger partial charge in [0.05, 0.1) is 19.4 Å². The van der Waals surface area contributed by atoms with Gasteiger partial charge >= 0.3 is 0 Å². The molecule has 1 saturated heterocycles. The third-order valence-electron chi connectivity index (χ3n) is 3.73. The van der Waals surface area contributed by atoms with Crippen molar-refractivity contribution in [3.8, 4) is 0 Å². The molecule has 4 rings (SSSR count). The summed E-state index contributed by atoms with van der Waals surface area (Å²) in [6, 6.07) is 7.11. The molecule has 9 nitrogen and oxygen atoms in total. The van der Waals surface area contributed by atoms with Gasteiger partial charge < -0.3 is 15.0 Å². The molecule has 24 heavy (non-hydrogen) atoms. The van der Waals surface area contributed by atoms with Gasteiger partial charge in [0.1, 0.15) is 5.82 Å². The van der Waals surface area contributed by atoms with Crippen LogP contribution in [0.3, 0.4) is 0 Å². The molecule has 0 saturated carbocycles. The number of carbonyl (C=O) groups is 1. The van der Waals surface area contributed by atoms with E-state index in [2.05, 4.69) is 30.5 Å². The van der Waals surface area contributed by atoms with E-state index in [1.807, 2.05) is 12.1 Å². The fraction of sp³-hybridized carbons (Fsp3) is 0.267. The number of anilines is 2. The van der Waals surface area contributed by atoms with Gasteiger partial charge in [-0.25, -0.2) is 9.50 Å². The number of aromatic nitrogens is 5. The van der Waals surface area contributed by atoms with Gasteiger partial charge in [-0.3, -0.25) is 4.79 Å². The van der Waals surface area contributed by atoms with Gasteiger partial charge in [-0.15, -0.1) is 10.2 Å². The van der Waals surface area contributed by atoms with E-state index in [1.54, 1.807) is 18.3 Å². The summed E-state index contributed by atoms with van der Waals surface area (Å²) < 4.78 is 6.89. The Morgan fingerprint density at radius 2 is 2.08 bits per heavy atom. The van der Waals surface area contributed by atoms with Gasteiger partial charge in [-0.1, -0.05) is 0 Å². The summed E-state index contributed by atoms with van der Waals surface area (Å²) in [6.07, 6.45) is 3.04. The van der Waals surface area contributed by atoms with Crippen LogP contribution in [0, 0.1) is 0 Å².